The van der Waals surface area contributed by atoms with Crippen LogP contribution in [0, 0.1) is 11.8 Å². The number of carbonyl (C=O) groups excluding carboxylic acids is 1. The standard InChI is InChI=1S/C29H34N2O/c1-21(2)18-25(30-3)20-31(29(32)28-19-27(28)24-12-8-5-9-13-24)26-16-14-23(15-17-26)22-10-6-4-7-11-22/h4-17,21,25,27-28,30H,18-20H2,1-3H3/t25-,27-,28+/m0/s1. The van der Waals surface area contributed by atoms with Crippen LogP contribution in [0.3, 0.4) is 0 Å². The molecule has 0 heterocycles. The zero-order chi connectivity index (χ0) is 22.5. The molecular formula is C29H34N2O. The lowest BCUT2D eigenvalue weighted by Gasteiger charge is -2.29. The molecule has 0 bridgehead atoms. The minimum Gasteiger partial charge on any atom is -0.315 e. The Morgan fingerprint density at radius 3 is 2.09 bits per heavy atom. The summed E-state index contributed by atoms with van der Waals surface area (Å²) in [6, 6.07) is 29.5. The fourth-order valence-corrected chi connectivity index (χ4v) is 4.60. The monoisotopic (exact) mass is 426 g/mol. The van der Waals surface area contributed by atoms with Gasteiger partial charge in [-0.2, -0.15) is 0 Å². The van der Waals surface area contributed by atoms with E-state index < -0.39 is 0 Å². The van der Waals surface area contributed by atoms with E-state index in [1.165, 1.54) is 16.7 Å². The minimum atomic E-state index is 0.0720. The molecule has 0 unspecified atom stereocenters. The summed E-state index contributed by atoms with van der Waals surface area (Å²) in [5, 5.41) is 3.43. The summed E-state index contributed by atoms with van der Waals surface area (Å²) in [4.78, 5) is 15.7. The van der Waals surface area contributed by atoms with Gasteiger partial charge in [0.25, 0.3) is 0 Å². The molecule has 3 heteroatoms. The molecule has 1 amide bonds. The fourth-order valence-electron chi connectivity index (χ4n) is 4.60. The van der Waals surface area contributed by atoms with Crippen LogP contribution in [0.4, 0.5) is 5.69 Å². The molecule has 0 aromatic heterocycles. The third-order valence-corrected chi connectivity index (χ3v) is 6.45. The van der Waals surface area contributed by atoms with Crippen LogP contribution in [0.2, 0.25) is 0 Å². The van der Waals surface area contributed by atoms with Crippen LogP contribution in [-0.2, 0) is 4.79 Å². The summed E-state index contributed by atoms with van der Waals surface area (Å²) in [7, 11) is 2.00. The van der Waals surface area contributed by atoms with Gasteiger partial charge in [-0.15, -0.1) is 0 Å². The molecule has 0 saturated heterocycles. The van der Waals surface area contributed by atoms with Gasteiger partial charge in [-0.1, -0.05) is 86.6 Å². The van der Waals surface area contributed by atoms with Gasteiger partial charge in [-0.05, 0) is 60.5 Å². The van der Waals surface area contributed by atoms with E-state index >= 15 is 0 Å². The second-order valence-corrected chi connectivity index (χ2v) is 9.34. The number of benzene rings is 3. The number of nitrogens with zero attached hydrogens (tertiary/aromatic N) is 1. The van der Waals surface area contributed by atoms with E-state index in [4.69, 9.17) is 0 Å². The Balaban J connectivity index is 1.57. The Bertz CT molecular complexity index is 998. The lowest BCUT2D eigenvalue weighted by atomic mass is 10.0. The highest BCUT2D eigenvalue weighted by Gasteiger charge is 2.46. The van der Waals surface area contributed by atoms with Crippen LogP contribution >= 0.6 is 0 Å². The van der Waals surface area contributed by atoms with Crippen molar-refractivity contribution in [2.75, 3.05) is 18.5 Å². The number of nitrogens with one attached hydrogen (secondary N) is 1. The Morgan fingerprint density at radius 1 is 0.906 bits per heavy atom. The smallest absolute Gasteiger partial charge is 0.230 e. The van der Waals surface area contributed by atoms with Gasteiger partial charge < -0.3 is 10.2 Å². The Kier molecular flexibility index (Phi) is 7.06. The summed E-state index contributed by atoms with van der Waals surface area (Å²) in [5.41, 5.74) is 4.62. The van der Waals surface area contributed by atoms with Gasteiger partial charge in [-0.3, -0.25) is 4.79 Å². The number of amides is 1. The maximum absolute atomic E-state index is 13.7. The molecular weight excluding hydrogens is 392 g/mol. The maximum atomic E-state index is 13.7. The van der Waals surface area contributed by atoms with Crippen molar-refractivity contribution < 1.29 is 4.79 Å². The minimum absolute atomic E-state index is 0.0720. The summed E-state index contributed by atoms with van der Waals surface area (Å²) < 4.78 is 0. The molecule has 4 rings (SSSR count). The molecule has 3 aromatic rings. The zero-order valence-electron chi connectivity index (χ0n) is 19.4. The molecule has 166 valence electrons. The van der Waals surface area contributed by atoms with Crippen molar-refractivity contribution in [2.24, 2.45) is 11.8 Å². The van der Waals surface area contributed by atoms with Crippen LogP contribution in [0.5, 0.6) is 0 Å². The second kappa shape index (κ2) is 10.1. The van der Waals surface area contributed by atoms with Crippen molar-refractivity contribution in [3.63, 3.8) is 0 Å². The summed E-state index contributed by atoms with van der Waals surface area (Å²) in [5.74, 6) is 1.23. The molecule has 1 fully saturated rings. The van der Waals surface area contributed by atoms with Crippen molar-refractivity contribution >= 4 is 11.6 Å². The Morgan fingerprint density at radius 2 is 1.50 bits per heavy atom. The van der Waals surface area contributed by atoms with E-state index in [1.54, 1.807) is 0 Å². The van der Waals surface area contributed by atoms with E-state index in [0.717, 1.165) is 18.5 Å². The second-order valence-electron chi connectivity index (χ2n) is 9.34. The lowest BCUT2D eigenvalue weighted by Crippen LogP contribution is -2.44. The third-order valence-electron chi connectivity index (χ3n) is 6.45. The molecule has 32 heavy (non-hydrogen) atoms. The first kappa shape index (κ1) is 22.3. The van der Waals surface area contributed by atoms with Crippen LogP contribution in [0.15, 0.2) is 84.9 Å². The molecule has 3 atom stereocenters. The van der Waals surface area contributed by atoms with Crippen molar-refractivity contribution in [3.8, 4) is 11.1 Å². The van der Waals surface area contributed by atoms with Crippen molar-refractivity contribution in [2.45, 2.75) is 38.6 Å². The van der Waals surface area contributed by atoms with Crippen molar-refractivity contribution in [3.05, 3.63) is 90.5 Å². The molecule has 1 N–H and O–H groups in total. The molecule has 3 aromatic carbocycles. The number of likely N-dealkylation sites (N-methyl/N-ethyl adjacent to an activating group) is 1. The Hall–Kier alpha value is -2.91. The van der Waals surface area contributed by atoms with E-state index in [2.05, 4.69) is 92.0 Å². The first-order valence-corrected chi connectivity index (χ1v) is 11.8. The molecule has 0 radical (unpaired) electrons. The first-order valence-electron chi connectivity index (χ1n) is 11.8. The average molecular weight is 427 g/mol. The van der Waals surface area contributed by atoms with Crippen molar-refractivity contribution in [1.82, 2.24) is 5.32 Å². The summed E-state index contributed by atoms with van der Waals surface area (Å²) in [6.07, 6.45) is 1.98. The van der Waals surface area contributed by atoms with Crippen LogP contribution < -0.4 is 10.2 Å². The van der Waals surface area contributed by atoms with Crippen LogP contribution in [0.25, 0.3) is 11.1 Å². The molecule has 0 spiro atoms. The highest BCUT2D eigenvalue weighted by atomic mass is 16.2. The van der Waals surface area contributed by atoms with Gasteiger partial charge >= 0.3 is 0 Å². The predicted octanol–water partition coefficient (Wildman–Crippen LogP) is 6.12. The summed E-state index contributed by atoms with van der Waals surface area (Å²) >= 11 is 0. The number of anilines is 1. The molecule has 1 aliphatic carbocycles. The number of carbonyl (C=O) groups is 1. The van der Waals surface area contributed by atoms with Crippen LogP contribution in [-0.4, -0.2) is 25.5 Å². The highest BCUT2D eigenvalue weighted by Crippen LogP contribution is 2.48. The van der Waals surface area contributed by atoms with E-state index in [0.29, 0.717) is 18.4 Å². The van der Waals surface area contributed by atoms with Gasteiger partial charge in [0.2, 0.25) is 5.91 Å². The molecule has 3 nitrogen and oxygen atoms in total. The maximum Gasteiger partial charge on any atom is 0.230 e. The quantitative estimate of drug-likeness (QED) is 0.447. The van der Waals surface area contributed by atoms with E-state index in [9.17, 15) is 4.79 Å². The van der Waals surface area contributed by atoms with Gasteiger partial charge in [0.1, 0.15) is 0 Å². The molecule has 1 aliphatic rings. The largest absolute Gasteiger partial charge is 0.315 e. The molecule has 0 aliphatic heterocycles. The van der Waals surface area contributed by atoms with Gasteiger partial charge in [-0.25, -0.2) is 0 Å². The SMILES string of the molecule is CN[C@@H](CC(C)C)CN(C(=O)[C@@H]1C[C@H]1c1ccccc1)c1ccc(-c2ccccc2)cc1. The topological polar surface area (TPSA) is 32.3 Å². The van der Waals surface area contributed by atoms with Gasteiger partial charge in [0.15, 0.2) is 0 Å². The zero-order valence-corrected chi connectivity index (χ0v) is 19.4. The number of hydrogen-bond acceptors (Lipinski definition) is 2. The predicted molar refractivity (Wildman–Crippen MR) is 134 cm³/mol. The third kappa shape index (κ3) is 5.28. The lowest BCUT2D eigenvalue weighted by molar-refractivity contribution is -0.120. The van der Waals surface area contributed by atoms with Crippen LogP contribution in [0.1, 0.15) is 38.2 Å². The van der Waals surface area contributed by atoms with Gasteiger partial charge in [0.05, 0.1) is 0 Å². The van der Waals surface area contributed by atoms with Gasteiger partial charge in [0, 0.05) is 24.2 Å². The Labute approximate surface area is 192 Å². The normalized spacial score (nSPS) is 18.4. The van der Waals surface area contributed by atoms with E-state index in [1.807, 2.05) is 24.1 Å². The van der Waals surface area contributed by atoms with E-state index in [-0.39, 0.29) is 17.9 Å². The fraction of sp³-hybridized carbons (Fsp3) is 0.345. The number of rotatable bonds is 9. The average Bonchev–Trinajstić information content (AvgIpc) is 3.63. The number of hydrogen-bond donors (Lipinski definition) is 1. The van der Waals surface area contributed by atoms with Crippen molar-refractivity contribution in [1.29, 1.82) is 0 Å². The first-order chi connectivity index (χ1) is 15.6. The summed E-state index contributed by atoms with van der Waals surface area (Å²) in [6.45, 7) is 5.16. The molecule has 1 saturated carbocycles. The highest BCUT2D eigenvalue weighted by molar-refractivity contribution is 5.97.